The summed E-state index contributed by atoms with van der Waals surface area (Å²) in [4.78, 5) is 11.4. The molecule has 1 amide bonds. The van der Waals surface area contributed by atoms with Crippen LogP contribution in [-0.4, -0.2) is 58.9 Å². The highest BCUT2D eigenvalue weighted by molar-refractivity contribution is 5.89. The summed E-state index contributed by atoms with van der Waals surface area (Å²) in [6.45, 7) is 2.71. The maximum Gasteiger partial charge on any atom is 0.292 e. The summed E-state index contributed by atoms with van der Waals surface area (Å²) in [7, 11) is 0. The molecule has 1 aromatic rings. The topological polar surface area (TPSA) is 105 Å². The number of nitrogens with zero attached hydrogens (tertiary/aromatic N) is 3. The van der Waals surface area contributed by atoms with Crippen LogP contribution >= 0.6 is 0 Å². The lowest BCUT2D eigenvalue weighted by Gasteiger charge is -2.23. The normalized spacial score (nSPS) is 21.2. The predicted molar refractivity (Wildman–Crippen MR) is 49.1 cm³/mol. The molecule has 8 heteroatoms. The molecule has 1 aliphatic rings. The van der Waals surface area contributed by atoms with Gasteiger partial charge in [0.1, 0.15) is 0 Å². The van der Waals surface area contributed by atoms with Gasteiger partial charge in [0, 0.05) is 19.6 Å². The van der Waals surface area contributed by atoms with Crippen LogP contribution in [0.1, 0.15) is 10.6 Å². The van der Waals surface area contributed by atoms with Crippen molar-refractivity contribution >= 4 is 5.91 Å². The molecule has 1 unspecified atom stereocenters. The Hall–Kier alpha value is -1.54. The molecule has 0 radical (unpaired) electrons. The van der Waals surface area contributed by atoms with E-state index in [1.165, 1.54) is 0 Å². The van der Waals surface area contributed by atoms with Gasteiger partial charge in [-0.15, -0.1) is 10.2 Å². The SMILES string of the molecule is O=C(NCC1CNCCO1)c1nn[nH]n1. The fourth-order valence-electron chi connectivity index (χ4n) is 1.29. The van der Waals surface area contributed by atoms with Gasteiger partial charge in [-0.25, -0.2) is 0 Å². The maximum absolute atomic E-state index is 11.4. The number of aromatic amines is 1. The molecule has 1 atom stereocenters. The summed E-state index contributed by atoms with van der Waals surface area (Å²) in [6.07, 6.45) is 0.00889. The molecule has 3 N–H and O–H groups in total. The van der Waals surface area contributed by atoms with Gasteiger partial charge in [-0.1, -0.05) is 0 Å². The molecule has 2 rings (SSSR count). The number of rotatable bonds is 3. The summed E-state index contributed by atoms with van der Waals surface area (Å²) in [5, 5.41) is 18.5. The largest absolute Gasteiger partial charge is 0.374 e. The Morgan fingerprint density at radius 2 is 2.60 bits per heavy atom. The molecule has 0 bridgehead atoms. The van der Waals surface area contributed by atoms with E-state index in [0.717, 1.165) is 13.1 Å². The van der Waals surface area contributed by atoms with Crippen molar-refractivity contribution in [1.29, 1.82) is 0 Å². The summed E-state index contributed by atoms with van der Waals surface area (Å²) in [5.74, 6) is -0.309. The highest BCUT2D eigenvalue weighted by Crippen LogP contribution is 1.94. The van der Waals surface area contributed by atoms with Crippen LogP contribution < -0.4 is 10.6 Å². The fourth-order valence-corrected chi connectivity index (χ4v) is 1.29. The van der Waals surface area contributed by atoms with Crippen LogP contribution in [0.4, 0.5) is 0 Å². The lowest BCUT2D eigenvalue weighted by Crippen LogP contribution is -2.45. The van der Waals surface area contributed by atoms with Crippen LogP contribution in [-0.2, 0) is 4.74 Å². The summed E-state index contributed by atoms with van der Waals surface area (Å²) >= 11 is 0. The molecule has 15 heavy (non-hydrogen) atoms. The highest BCUT2D eigenvalue weighted by Gasteiger charge is 2.16. The molecule has 0 aliphatic carbocycles. The van der Waals surface area contributed by atoms with Crippen LogP contribution in [0, 0.1) is 0 Å². The third-order valence-electron chi connectivity index (χ3n) is 2.04. The molecular weight excluding hydrogens is 200 g/mol. The van der Waals surface area contributed by atoms with E-state index < -0.39 is 0 Å². The van der Waals surface area contributed by atoms with Crippen molar-refractivity contribution in [3.05, 3.63) is 5.82 Å². The molecule has 0 aromatic carbocycles. The second kappa shape index (κ2) is 4.80. The van der Waals surface area contributed by atoms with Gasteiger partial charge in [-0.3, -0.25) is 4.79 Å². The summed E-state index contributed by atoms with van der Waals surface area (Å²) in [5.41, 5.74) is 0. The van der Waals surface area contributed by atoms with Gasteiger partial charge in [0.25, 0.3) is 11.7 Å². The molecule has 0 spiro atoms. The lowest BCUT2D eigenvalue weighted by molar-refractivity contribution is 0.0286. The van der Waals surface area contributed by atoms with Gasteiger partial charge in [0.15, 0.2) is 0 Å². The zero-order valence-electron chi connectivity index (χ0n) is 8.06. The van der Waals surface area contributed by atoms with Crippen molar-refractivity contribution in [2.75, 3.05) is 26.2 Å². The minimum atomic E-state index is -0.349. The minimum absolute atomic E-state index is 0.00889. The van der Waals surface area contributed by atoms with E-state index in [1.54, 1.807) is 0 Å². The molecule has 8 nitrogen and oxygen atoms in total. The number of H-pyrrole nitrogens is 1. The van der Waals surface area contributed by atoms with E-state index in [4.69, 9.17) is 4.74 Å². The fraction of sp³-hybridized carbons (Fsp3) is 0.714. The number of aromatic nitrogens is 4. The zero-order chi connectivity index (χ0) is 10.5. The number of amides is 1. The molecular formula is C7H12N6O2. The van der Waals surface area contributed by atoms with Crippen LogP contribution in [0.3, 0.4) is 0 Å². The Balaban J connectivity index is 1.75. The van der Waals surface area contributed by atoms with Crippen LogP contribution in [0.5, 0.6) is 0 Å². The molecule has 0 saturated carbocycles. The van der Waals surface area contributed by atoms with Gasteiger partial charge in [-0.05, 0) is 5.21 Å². The molecule has 2 heterocycles. The van der Waals surface area contributed by atoms with E-state index >= 15 is 0 Å². The number of ether oxygens (including phenoxy) is 1. The average Bonchev–Trinajstić information content (AvgIpc) is 2.81. The van der Waals surface area contributed by atoms with Crippen molar-refractivity contribution in [3.8, 4) is 0 Å². The summed E-state index contributed by atoms with van der Waals surface area (Å²) in [6, 6.07) is 0. The molecule has 1 aromatic heterocycles. The van der Waals surface area contributed by atoms with Crippen molar-refractivity contribution < 1.29 is 9.53 Å². The Labute approximate surface area is 85.8 Å². The Morgan fingerprint density at radius 1 is 1.67 bits per heavy atom. The van der Waals surface area contributed by atoms with Gasteiger partial charge >= 0.3 is 0 Å². The standard InChI is InChI=1S/C7H12N6O2/c14-7(6-10-12-13-11-6)9-4-5-3-8-1-2-15-5/h5,8H,1-4H2,(H,9,14)(H,10,11,12,13). The maximum atomic E-state index is 11.4. The van der Waals surface area contributed by atoms with Gasteiger partial charge in [0.05, 0.1) is 12.7 Å². The average molecular weight is 212 g/mol. The van der Waals surface area contributed by atoms with Crippen molar-refractivity contribution in [2.24, 2.45) is 0 Å². The van der Waals surface area contributed by atoms with Crippen molar-refractivity contribution in [2.45, 2.75) is 6.10 Å². The second-order valence-corrected chi connectivity index (χ2v) is 3.14. The summed E-state index contributed by atoms with van der Waals surface area (Å²) < 4.78 is 5.40. The molecule has 1 aliphatic heterocycles. The first kappa shape index (κ1) is 9.99. The van der Waals surface area contributed by atoms with Crippen molar-refractivity contribution in [1.82, 2.24) is 31.3 Å². The monoisotopic (exact) mass is 212 g/mol. The first-order valence-corrected chi connectivity index (χ1v) is 4.70. The second-order valence-electron chi connectivity index (χ2n) is 3.14. The van der Waals surface area contributed by atoms with E-state index in [0.29, 0.717) is 13.2 Å². The number of carbonyl (C=O) groups excluding carboxylic acids is 1. The van der Waals surface area contributed by atoms with Gasteiger partial charge in [-0.2, -0.15) is 5.21 Å². The first-order valence-electron chi connectivity index (χ1n) is 4.70. The number of morpholine rings is 1. The van der Waals surface area contributed by atoms with Crippen LogP contribution in [0.25, 0.3) is 0 Å². The van der Waals surface area contributed by atoms with Gasteiger partial charge in [0.2, 0.25) is 0 Å². The van der Waals surface area contributed by atoms with E-state index in [2.05, 4.69) is 31.3 Å². The third kappa shape index (κ3) is 2.70. The smallest absolute Gasteiger partial charge is 0.292 e. The quantitative estimate of drug-likeness (QED) is 0.531. The van der Waals surface area contributed by atoms with E-state index in [-0.39, 0.29) is 17.8 Å². The van der Waals surface area contributed by atoms with E-state index in [1.807, 2.05) is 0 Å². The zero-order valence-corrected chi connectivity index (χ0v) is 8.06. The Bertz CT molecular complexity index is 307. The number of carbonyl (C=O) groups is 1. The lowest BCUT2D eigenvalue weighted by atomic mass is 10.3. The molecule has 1 fully saturated rings. The highest BCUT2D eigenvalue weighted by atomic mass is 16.5. The minimum Gasteiger partial charge on any atom is -0.374 e. The van der Waals surface area contributed by atoms with E-state index in [9.17, 15) is 4.79 Å². The Kier molecular flexibility index (Phi) is 3.20. The number of nitrogens with one attached hydrogen (secondary N) is 3. The van der Waals surface area contributed by atoms with Crippen molar-refractivity contribution in [3.63, 3.8) is 0 Å². The number of tetrazole rings is 1. The predicted octanol–water partition coefficient (Wildman–Crippen LogP) is -2.08. The van der Waals surface area contributed by atoms with Gasteiger partial charge < -0.3 is 15.4 Å². The van der Waals surface area contributed by atoms with Crippen LogP contribution in [0.2, 0.25) is 0 Å². The number of hydrogen-bond acceptors (Lipinski definition) is 6. The first-order chi connectivity index (χ1) is 7.36. The molecule has 1 saturated heterocycles. The third-order valence-corrected chi connectivity index (χ3v) is 2.04. The van der Waals surface area contributed by atoms with Crippen LogP contribution in [0.15, 0.2) is 0 Å². The number of hydrogen-bond donors (Lipinski definition) is 3. The molecule has 82 valence electrons. The Morgan fingerprint density at radius 3 is 3.27 bits per heavy atom.